The highest BCUT2D eigenvalue weighted by Crippen LogP contribution is 2.35. The van der Waals surface area contributed by atoms with E-state index >= 15 is 0 Å². The van der Waals surface area contributed by atoms with Crippen molar-refractivity contribution in [2.75, 3.05) is 13.6 Å². The minimum atomic E-state index is -2.49. The monoisotopic (exact) mass is 286 g/mol. The highest BCUT2D eigenvalue weighted by Gasteiger charge is 2.40. The van der Waals surface area contributed by atoms with Gasteiger partial charge in [0.25, 0.3) is 0 Å². The van der Waals surface area contributed by atoms with Gasteiger partial charge in [0.2, 0.25) is 0 Å². The van der Waals surface area contributed by atoms with Crippen LogP contribution in [0.15, 0.2) is 24.3 Å². The van der Waals surface area contributed by atoms with E-state index in [1.807, 2.05) is 13.0 Å². The van der Waals surface area contributed by atoms with Crippen molar-refractivity contribution in [1.82, 2.24) is 5.32 Å². The van der Waals surface area contributed by atoms with E-state index in [-0.39, 0.29) is 23.9 Å². The van der Waals surface area contributed by atoms with Crippen molar-refractivity contribution in [3.05, 3.63) is 29.8 Å². The van der Waals surface area contributed by atoms with E-state index in [2.05, 4.69) is 5.32 Å². The van der Waals surface area contributed by atoms with Crippen LogP contribution in [0.4, 0.5) is 0 Å². The second-order valence-corrected chi connectivity index (χ2v) is 4.70. The summed E-state index contributed by atoms with van der Waals surface area (Å²) in [6.07, 6.45) is 3.18. The standard InChI is InChI=1S/C15H21NO2.ClH/c1-3-16-15(10-5-4-9-14(15)17)12-7-6-8-13(11-12)18-2;/h6-8,11,16H,3-5,9-10H2,1-2H3;1H/i2D3;. The average Bonchev–Trinajstić information content (AvgIpc) is 2.40. The van der Waals surface area contributed by atoms with Gasteiger partial charge in [-0.05, 0) is 37.1 Å². The molecular formula is C15H22ClNO2. The van der Waals surface area contributed by atoms with E-state index in [0.717, 1.165) is 24.8 Å². The number of benzene rings is 1. The Labute approximate surface area is 125 Å². The molecule has 0 aromatic heterocycles. The fourth-order valence-corrected chi connectivity index (χ4v) is 2.75. The van der Waals surface area contributed by atoms with Crippen molar-refractivity contribution in [3.8, 4) is 5.75 Å². The van der Waals surface area contributed by atoms with Gasteiger partial charge < -0.3 is 10.1 Å². The lowest BCUT2D eigenvalue weighted by Crippen LogP contribution is -2.50. The van der Waals surface area contributed by atoms with Crippen LogP contribution < -0.4 is 10.1 Å². The zero-order valence-corrected chi connectivity index (χ0v) is 11.9. The topological polar surface area (TPSA) is 38.3 Å². The van der Waals surface area contributed by atoms with Gasteiger partial charge >= 0.3 is 0 Å². The molecule has 3 nitrogen and oxygen atoms in total. The SMILES string of the molecule is Cl.[2H]C([2H])([2H])Oc1cccc(C2(NCC)CCCCC2=O)c1. The van der Waals surface area contributed by atoms with Crippen LogP contribution in [0.2, 0.25) is 0 Å². The number of hydrogen-bond donors (Lipinski definition) is 1. The van der Waals surface area contributed by atoms with E-state index in [1.165, 1.54) is 0 Å². The lowest BCUT2D eigenvalue weighted by molar-refractivity contribution is -0.128. The van der Waals surface area contributed by atoms with Crippen LogP contribution in [-0.4, -0.2) is 19.4 Å². The molecule has 1 atom stereocenters. The van der Waals surface area contributed by atoms with Crippen molar-refractivity contribution in [2.45, 2.75) is 38.1 Å². The summed E-state index contributed by atoms with van der Waals surface area (Å²) in [7, 11) is -2.49. The molecule has 0 bridgehead atoms. The zero-order valence-electron chi connectivity index (χ0n) is 14.1. The molecule has 1 fully saturated rings. The molecule has 0 amide bonds. The Bertz CT molecular complexity index is 518. The molecule has 1 aromatic carbocycles. The van der Waals surface area contributed by atoms with E-state index in [1.54, 1.807) is 18.2 Å². The smallest absolute Gasteiger partial charge is 0.157 e. The van der Waals surface area contributed by atoms with Gasteiger partial charge in [0.15, 0.2) is 5.78 Å². The summed E-state index contributed by atoms with van der Waals surface area (Å²) >= 11 is 0. The molecule has 0 aliphatic heterocycles. The molecule has 1 saturated carbocycles. The van der Waals surface area contributed by atoms with Crippen LogP contribution in [0.3, 0.4) is 0 Å². The van der Waals surface area contributed by atoms with Gasteiger partial charge in [-0.3, -0.25) is 4.79 Å². The minimum Gasteiger partial charge on any atom is -0.497 e. The van der Waals surface area contributed by atoms with E-state index < -0.39 is 12.6 Å². The lowest BCUT2D eigenvalue weighted by atomic mass is 9.75. The summed E-state index contributed by atoms with van der Waals surface area (Å²) in [5, 5.41) is 3.31. The van der Waals surface area contributed by atoms with Crippen molar-refractivity contribution in [1.29, 1.82) is 0 Å². The van der Waals surface area contributed by atoms with E-state index in [0.29, 0.717) is 13.0 Å². The van der Waals surface area contributed by atoms with Crippen LogP contribution in [0.5, 0.6) is 5.75 Å². The number of ether oxygens (including phenoxy) is 1. The fraction of sp³-hybridized carbons (Fsp3) is 0.533. The summed E-state index contributed by atoms with van der Waals surface area (Å²) < 4.78 is 26.5. The molecular weight excluding hydrogens is 262 g/mol. The van der Waals surface area contributed by atoms with Gasteiger partial charge in [0, 0.05) is 6.42 Å². The molecule has 0 saturated heterocycles. The van der Waals surface area contributed by atoms with Gasteiger partial charge in [0.1, 0.15) is 11.3 Å². The molecule has 1 aliphatic carbocycles. The number of carbonyl (C=O) groups is 1. The molecule has 0 spiro atoms. The largest absolute Gasteiger partial charge is 0.497 e. The van der Waals surface area contributed by atoms with E-state index in [9.17, 15) is 4.79 Å². The van der Waals surface area contributed by atoms with Crippen LogP contribution in [0.25, 0.3) is 0 Å². The number of nitrogens with one attached hydrogen (secondary N) is 1. The molecule has 1 unspecified atom stereocenters. The first kappa shape index (κ1) is 11.7. The maximum Gasteiger partial charge on any atom is 0.157 e. The Morgan fingerprint density at radius 2 is 2.32 bits per heavy atom. The molecule has 1 N–H and O–H groups in total. The Balaban J connectivity index is 0.00000242. The maximum atomic E-state index is 12.5. The second kappa shape index (κ2) is 6.92. The van der Waals surface area contributed by atoms with Gasteiger partial charge in [-0.1, -0.05) is 25.5 Å². The van der Waals surface area contributed by atoms with E-state index in [4.69, 9.17) is 8.85 Å². The summed E-state index contributed by atoms with van der Waals surface area (Å²) in [4.78, 5) is 12.5. The average molecular weight is 287 g/mol. The number of methoxy groups -OCH3 is 1. The first-order valence-corrected chi connectivity index (χ1v) is 6.45. The number of carbonyl (C=O) groups excluding carboxylic acids is 1. The normalized spacial score (nSPS) is 25.7. The van der Waals surface area contributed by atoms with Crippen molar-refractivity contribution in [3.63, 3.8) is 0 Å². The van der Waals surface area contributed by atoms with Crippen LogP contribution in [0, 0.1) is 0 Å². The van der Waals surface area contributed by atoms with Gasteiger partial charge in [-0.15, -0.1) is 12.4 Å². The number of hydrogen-bond acceptors (Lipinski definition) is 3. The highest BCUT2D eigenvalue weighted by molar-refractivity contribution is 5.90. The summed E-state index contributed by atoms with van der Waals surface area (Å²) in [5.74, 6) is 0.435. The number of rotatable bonds is 4. The molecule has 4 heteroatoms. The third-order valence-corrected chi connectivity index (χ3v) is 3.60. The third kappa shape index (κ3) is 3.10. The van der Waals surface area contributed by atoms with Crippen LogP contribution in [0.1, 0.15) is 42.3 Å². The predicted molar refractivity (Wildman–Crippen MR) is 79.1 cm³/mol. The quantitative estimate of drug-likeness (QED) is 0.924. The molecule has 1 aliphatic rings. The zero-order chi connectivity index (χ0) is 15.5. The molecule has 0 radical (unpaired) electrons. The highest BCUT2D eigenvalue weighted by atomic mass is 35.5. The Kier molecular flexibility index (Phi) is 4.28. The Hall–Kier alpha value is -1.06. The van der Waals surface area contributed by atoms with Crippen LogP contribution in [-0.2, 0) is 10.3 Å². The number of halogens is 1. The van der Waals surface area contributed by atoms with Gasteiger partial charge in [-0.2, -0.15) is 0 Å². The molecule has 1 aromatic rings. The fourth-order valence-electron chi connectivity index (χ4n) is 2.75. The summed E-state index contributed by atoms with van der Waals surface area (Å²) in [5.41, 5.74) is 0.0805. The molecule has 19 heavy (non-hydrogen) atoms. The Morgan fingerprint density at radius 3 is 3.00 bits per heavy atom. The summed E-state index contributed by atoms with van der Waals surface area (Å²) in [6, 6.07) is 6.86. The van der Waals surface area contributed by atoms with Crippen molar-refractivity contribution >= 4 is 18.2 Å². The second-order valence-electron chi connectivity index (χ2n) is 4.70. The number of likely N-dealkylation sites (N-methyl/N-ethyl adjacent to an activating group) is 1. The van der Waals surface area contributed by atoms with Gasteiger partial charge in [0.05, 0.1) is 11.2 Å². The van der Waals surface area contributed by atoms with Crippen molar-refractivity contribution < 1.29 is 13.6 Å². The van der Waals surface area contributed by atoms with Crippen LogP contribution >= 0.6 is 12.4 Å². The van der Waals surface area contributed by atoms with Gasteiger partial charge in [-0.25, -0.2) is 0 Å². The number of ketones is 1. The molecule has 2 rings (SSSR count). The first-order valence-electron chi connectivity index (χ1n) is 7.95. The predicted octanol–water partition coefficient (Wildman–Crippen LogP) is 3.06. The molecule has 0 heterocycles. The molecule has 106 valence electrons. The third-order valence-electron chi connectivity index (χ3n) is 3.60. The minimum absolute atomic E-state index is 0. The summed E-state index contributed by atoms with van der Waals surface area (Å²) in [6.45, 7) is 2.64. The van der Waals surface area contributed by atoms with Crippen molar-refractivity contribution in [2.24, 2.45) is 0 Å². The first-order chi connectivity index (χ1) is 9.87. The lowest BCUT2D eigenvalue weighted by Gasteiger charge is -2.37. The number of Topliss-reactive ketones (excluding diaryl/α,β-unsaturated/α-hetero) is 1. The Morgan fingerprint density at radius 1 is 1.47 bits per heavy atom. The maximum absolute atomic E-state index is 12.5.